The molecule has 0 radical (unpaired) electrons. The summed E-state index contributed by atoms with van der Waals surface area (Å²) in [6.07, 6.45) is 1.72. The van der Waals surface area contributed by atoms with Gasteiger partial charge in [-0.15, -0.1) is 0 Å². The quantitative estimate of drug-likeness (QED) is 0.482. The largest absolute Gasteiger partial charge is 0.382 e. The molecule has 0 saturated carbocycles. The van der Waals surface area contributed by atoms with Gasteiger partial charge in [0.25, 0.3) is 5.56 Å². The number of fused-ring (bicyclic) bond motifs is 1. The van der Waals surface area contributed by atoms with E-state index in [1.54, 1.807) is 40.1 Å². The molecule has 0 aliphatic rings. The Balaban J connectivity index is 2.02. The van der Waals surface area contributed by atoms with Crippen LogP contribution in [0.1, 0.15) is 50.7 Å². The lowest BCUT2D eigenvalue weighted by Crippen LogP contribution is -2.21. The van der Waals surface area contributed by atoms with E-state index < -0.39 is 17.0 Å². The molecule has 32 heavy (non-hydrogen) atoms. The number of hydrogen-bond acceptors (Lipinski definition) is 5. The molecular weight excluding hydrogens is 435 g/mol. The van der Waals surface area contributed by atoms with Crippen molar-refractivity contribution < 1.29 is 9.50 Å². The zero-order chi connectivity index (χ0) is 23.5. The van der Waals surface area contributed by atoms with Crippen LogP contribution in [-0.2, 0) is 12.6 Å². The van der Waals surface area contributed by atoms with E-state index in [0.29, 0.717) is 22.6 Å². The molecule has 0 unspecified atom stereocenters. The van der Waals surface area contributed by atoms with Crippen molar-refractivity contribution in [3.63, 3.8) is 0 Å². The summed E-state index contributed by atoms with van der Waals surface area (Å²) in [7, 11) is 1.64. The van der Waals surface area contributed by atoms with Crippen molar-refractivity contribution in [3.05, 3.63) is 56.7 Å². The Labute approximate surface area is 188 Å². The van der Waals surface area contributed by atoms with Crippen molar-refractivity contribution in [2.75, 3.05) is 0 Å². The maximum Gasteiger partial charge on any atom is 0.263 e. The number of nitrogens with zero attached hydrogens (tertiary/aromatic N) is 5. The van der Waals surface area contributed by atoms with Crippen LogP contribution in [0, 0.1) is 12.7 Å². The van der Waals surface area contributed by atoms with Crippen LogP contribution in [0.5, 0.6) is 0 Å². The molecule has 3 heterocycles. The van der Waals surface area contributed by atoms with Gasteiger partial charge in [-0.3, -0.25) is 14.5 Å². The third-order valence-corrected chi connectivity index (χ3v) is 5.69. The van der Waals surface area contributed by atoms with Crippen molar-refractivity contribution in [1.29, 1.82) is 0 Å². The van der Waals surface area contributed by atoms with Crippen LogP contribution < -0.4 is 5.56 Å². The van der Waals surface area contributed by atoms with Crippen LogP contribution in [0.3, 0.4) is 0 Å². The van der Waals surface area contributed by atoms with Gasteiger partial charge in [0.2, 0.25) is 0 Å². The number of aryl methyl sites for hydroxylation is 2. The van der Waals surface area contributed by atoms with Crippen molar-refractivity contribution in [2.24, 2.45) is 7.05 Å². The number of aliphatic hydroxyl groups is 1. The van der Waals surface area contributed by atoms with E-state index in [2.05, 4.69) is 20.3 Å². The Hall–Kier alpha value is -3.04. The van der Waals surface area contributed by atoms with E-state index in [1.165, 1.54) is 15.3 Å². The lowest BCUT2D eigenvalue weighted by molar-refractivity contribution is 0.0648. The molecule has 0 amide bonds. The number of H-pyrrole nitrogens is 1. The molecule has 0 spiro atoms. The number of hydrogen-bond donors (Lipinski definition) is 2. The topological polar surface area (TPSA) is 102 Å². The summed E-state index contributed by atoms with van der Waals surface area (Å²) in [6, 6.07) is 2.80. The first-order valence-electron chi connectivity index (χ1n) is 10.1. The Morgan fingerprint density at radius 2 is 1.94 bits per heavy atom. The van der Waals surface area contributed by atoms with Crippen LogP contribution in [-0.4, -0.2) is 34.6 Å². The van der Waals surface area contributed by atoms with Gasteiger partial charge in [-0.1, -0.05) is 25.4 Å². The fraction of sp³-hybridized carbons (Fsp3) is 0.364. The van der Waals surface area contributed by atoms with Crippen LogP contribution in [0.15, 0.2) is 23.1 Å². The molecule has 8 nitrogen and oxygen atoms in total. The molecule has 0 fully saturated rings. The maximum atomic E-state index is 15.2. The Morgan fingerprint density at radius 3 is 2.47 bits per heavy atom. The van der Waals surface area contributed by atoms with Gasteiger partial charge >= 0.3 is 0 Å². The minimum absolute atomic E-state index is 0.0253. The predicted molar refractivity (Wildman–Crippen MR) is 121 cm³/mol. The summed E-state index contributed by atoms with van der Waals surface area (Å²) < 4.78 is 18.1. The molecule has 4 aromatic rings. The van der Waals surface area contributed by atoms with E-state index in [0.717, 1.165) is 5.56 Å². The molecule has 0 bridgehead atoms. The average Bonchev–Trinajstić information content (AvgIpc) is 3.24. The van der Waals surface area contributed by atoms with Crippen molar-refractivity contribution >= 4 is 22.4 Å². The zero-order valence-corrected chi connectivity index (χ0v) is 19.4. The van der Waals surface area contributed by atoms with Crippen LogP contribution >= 0.6 is 11.6 Å². The summed E-state index contributed by atoms with van der Waals surface area (Å²) in [5.41, 5.74) is 0.390. The first-order chi connectivity index (χ1) is 14.9. The van der Waals surface area contributed by atoms with Gasteiger partial charge in [0.1, 0.15) is 17.1 Å². The molecule has 0 aliphatic carbocycles. The molecule has 2 N–H and O–H groups in total. The lowest BCUT2D eigenvalue weighted by atomic mass is 9.96. The Bertz CT molecular complexity index is 1390. The first-order valence-corrected chi connectivity index (χ1v) is 10.5. The normalized spacial score (nSPS) is 12.3. The number of benzene rings is 1. The fourth-order valence-electron chi connectivity index (χ4n) is 3.89. The van der Waals surface area contributed by atoms with E-state index >= 15 is 4.39 Å². The summed E-state index contributed by atoms with van der Waals surface area (Å²) >= 11 is 6.21. The van der Waals surface area contributed by atoms with Crippen LogP contribution in [0.4, 0.5) is 4.39 Å². The van der Waals surface area contributed by atoms with Gasteiger partial charge in [-0.2, -0.15) is 10.2 Å². The van der Waals surface area contributed by atoms with E-state index in [4.69, 9.17) is 11.6 Å². The number of aromatic amines is 1. The third kappa shape index (κ3) is 3.51. The fourth-order valence-corrected chi connectivity index (χ4v) is 4.16. The Kier molecular flexibility index (Phi) is 5.21. The predicted octanol–water partition coefficient (Wildman–Crippen LogP) is 3.96. The van der Waals surface area contributed by atoms with Gasteiger partial charge in [0, 0.05) is 13.2 Å². The molecule has 1 aromatic carbocycles. The highest BCUT2D eigenvalue weighted by Gasteiger charge is 2.26. The van der Waals surface area contributed by atoms with Gasteiger partial charge in [0.15, 0.2) is 16.8 Å². The average molecular weight is 459 g/mol. The molecule has 3 aromatic heterocycles. The lowest BCUT2D eigenvalue weighted by Gasteiger charge is -2.16. The monoisotopic (exact) mass is 458 g/mol. The second-order valence-corrected chi connectivity index (χ2v) is 9.08. The van der Waals surface area contributed by atoms with Crippen molar-refractivity contribution in [1.82, 2.24) is 29.5 Å². The highest BCUT2D eigenvalue weighted by atomic mass is 35.5. The molecule has 10 heteroatoms. The second-order valence-electron chi connectivity index (χ2n) is 8.72. The number of pyridine rings is 1. The molecule has 4 rings (SSSR count). The first kappa shape index (κ1) is 22.2. The molecule has 0 saturated heterocycles. The highest BCUT2D eigenvalue weighted by molar-refractivity contribution is 6.31. The van der Waals surface area contributed by atoms with E-state index in [-0.39, 0.29) is 27.8 Å². The molecule has 0 aliphatic heterocycles. The number of aromatic nitrogens is 6. The van der Waals surface area contributed by atoms with Gasteiger partial charge in [-0.05, 0) is 49.8 Å². The maximum absolute atomic E-state index is 15.2. The standard InChI is InChI=1S/C22H24ClFN6O2/c1-10(2)15-9-30(17-11(3)26-27-18(17)23)20(31)13-8-16(24)14(7-12(13)15)19-25-21(22(4,5)32)29(6)28-19/h7-10,32H,1-6H3,(H,26,27). The van der Waals surface area contributed by atoms with Gasteiger partial charge in [-0.25, -0.2) is 14.1 Å². The molecule has 0 atom stereocenters. The number of rotatable bonds is 4. The summed E-state index contributed by atoms with van der Waals surface area (Å²) in [6.45, 7) is 8.90. The zero-order valence-electron chi connectivity index (χ0n) is 18.7. The summed E-state index contributed by atoms with van der Waals surface area (Å²) in [5.74, 6) is -0.171. The smallest absolute Gasteiger partial charge is 0.263 e. The minimum Gasteiger partial charge on any atom is -0.382 e. The Morgan fingerprint density at radius 1 is 1.25 bits per heavy atom. The second kappa shape index (κ2) is 7.53. The van der Waals surface area contributed by atoms with Crippen LogP contribution in [0.25, 0.3) is 27.8 Å². The van der Waals surface area contributed by atoms with Crippen LogP contribution in [0.2, 0.25) is 5.15 Å². The number of nitrogens with one attached hydrogen (secondary N) is 1. The molecular formula is C22H24ClFN6O2. The van der Waals surface area contributed by atoms with Crippen molar-refractivity contribution in [3.8, 4) is 17.1 Å². The number of halogens is 2. The SMILES string of the molecule is Cc1[nH]nc(Cl)c1-n1cc(C(C)C)c2cc(-c3nc(C(C)(C)O)n(C)n3)c(F)cc2c1=O. The third-order valence-electron chi connectivity index (χ3n) is 5.42. The van der Waals surface area contributed by atoms with Gasteiger partial charge < -0.3 is 5.11 Å². The molecule has 168 valence electrons. The minimum atomic E-state index is -1.24. The summed E-state index contributed by atoms with van der Waals surface area (Å²) in [5, 5.41) is 22.3. The van der Waals surface area contributed by atoms with E-state index in [9.17, 15) is 9.90 Å². The highest BCUT2D eigenvalue weighted by Crippen LogP contribution is 2.32. The van der Waals surface area contributed by atoms with Crippen molar-refractivity contribution in [2.45, 2.75) is 46.1 Å². The summed E-state index contributed by atoms with van der Waals surface area (Å²) in [4.78, 5) is 17.7. The van der Waals surface area contributed by atoms with E-state index in [1.807, 2.05) is 13.8 Å². The van der Waals surface area contributed by atoms with Gasteiger partial charge in [0.05, 0.1) is 16.6 Å².